The standard InChI is InChI=1S/C15H32N2O/c1-5-7-11-18-12-10-17-13-15(4,6-2)16-9-8-14(17)3/h14,16H,5-13H2,1-4H3. The summed E-state index contributed by atoms with van der Waals surface area (Å²) >= 11 is 0. The van der Waals surface area contributed by atoms with E-state index in [0.29, 0.717) is 6.04 Å². The van der Waals surface area contributed by atoms with Gasteiger partial charge in [0.1, 0.15) is 0 Å². The molecule has 0 spiro atoms. The largest absolute Gasteiger partial charge is 0.380 e. The molecule has 18 heavy (non-hydrogen) atoms. The zero-order valence-corrected chi connectivity index (χ0v) is 12.8. The highest BCUT2D eigenvalue weighted by atomic mass is 16.5. The van der Waals surface area contributed by atoms with E-state index in [2.05, 4.69) is 37.9 Å². The van der Waals surface area contributed by atoms with Crippen molar-refractivity contribution >= 4 is 0 Å². The average molecular weight is 256 g/mol. The smallest absolute Gasteiger partial charge is 0.0593 e. The van der Waals surface area contributed by atoms with Crippen LogP contribution in [0.25, 0.3) is 0 Å². The molecule has 1 aliphatic rings. The van der Waals surface area contributed by atoms with E-state index >= 15 is 0 Å². The SMILES string of the molecule is CCCCOCCN1CC(C)(CC)NCCC1C. The zero-order valence-electron chi connectivity index (χ0n) is 12.8. The Kier molecular flexibility index (Phi) is 7.20. The summed E-state index contributed by atoms with van der Waals surface area (Å²) in [6, 6.07) is 0.667. The summed E-state index contributed by atoms with van der Waals surface area (Å²) in [5.74, 6) is 0. The van der Waals surface area contributed by atoms with Crippen LogP contribution in [0.3, 0.4) is 0 Å². The summed E-state index contributed by atoms with van der Waals surface area (Å²) in [6.07, 6.45) is 4.83. The van der Waals surface area contributed by atoms with Crippen LogP contribution in [0.2, 0.25) is 0 Å². The fraction of sp³-hybridized carbons (Fsp3) is 1.00. The quantitative estimate of drug-likeness (QED) is 0.709. The van der Waals surface area contributed by atoms with Crippen molar-refractivity contribution in [1.82, 2.24) is 10.2 Å². The van der Waals surface area contributed by atoms with E-state index in [1.54, 1.807) is 0 Å². The Balaban J connectivity index is 2.35. The molecule has 0 bridgehead atoms. The Morgan fingerprint density at radius 1 is 1.33 bits per heavy atom. The van der Waals surface area contributed by atoms with Crippen molar-refractivity contribution < 1.29 is 4.74 Å². The molecule has 1 N–H and O–H groups in total. The number of unbranched alkanes of at least 4 members (excludes halogenated alkanes) is 1. The highest BCUT2D eigenvalue weighted by Crippen LogP contribution is 2.18. The van der Waals surface area contributed by atoms with E-state index < -0.39 is 0 Å². The minimum absolute atomic E-state index is 0.272. The lowest BCUT2D eigenvalue weighted by Gasteiger charge is -2.34. The van der Waals surface area contributed by atoms with E-state index in [4.69, 9.17) is 4.74 Å². The average Bonchev–Trinajstić information content (AvgIpc) is 2.50. The molecule has 0 aromatic rings. The molecule has 1 rings (SSSR count). The molecule has 1 aliphatic heterocycles. The van der Waals surface area contributed by atoms with Crippen LogP contribution in [0.15, 0.2) is 0 Å². The van der Waals surface area contributed by atoms with Gasteiger partial charge in [0.15, 0.2) is 0 Å². The molecule has 0 amide bonds. The van der Waals surface area contributed by atoms with Gasteiger partial charge in [0.05, 0.1) is 6.61 Å². The van der Waals surface area contributed by atoms with E-state index in [-0.39, 0.29) is 5.54 Å². The summed E-state index contributed by atoms with van der Waals surface area (Å²) in [5, 5.41) is 3.70. The molecule has 3 heteroatoms. The second-order valence-corrected chi connectivity index (χ2v) is 5.92. The lowest BCUT2D eigenvalue weighted by atomic mass is 9.98. The molecule has 108 valence electrons. The van der Waals surface area contributed by atoms with Gasteiger partial charge in [-0.15, -0.1) is 0 Å². The second kappa shape index (κ2) is 8.13. The summed E-state index contributed by atoms with van der Waals surface area (Å²) in [5.41, 5.74) is 0.272. The molecule has 0 saturated carbocycles. The van der Waals surface area contributed by atoms with Crippen molar-refractivity contribution in [3.63, 3.8) is 0 Å². The molecular weight excluding hydrogens is 224 g/mol. The van der Waals surface area contributed by atoms with Gasteiger partial charge in [-0.3, -0.25) is 4.90 Å². The first-order valence-electron chi connectivity index (χ1n) is 7.68. The number of nitrogens with one attached hydrogen (secondary N) is 1. The Morgan fingerprint density at radius 3 is 2.78 bits per heavy atom. The molecule has 2 unspecified atom stereocenters. The third kappa shape index (κ3) is 5.25. The fourth-order valence-electron chi connectivity index (χ4n) is 2.49. The number of nitrogens with zero attached hydrogens (tertiary/aromatic N) is 1. The molecule has 1 saturated heterocycles. The second-order valence-electron chi connectivity index (χ2n) is 5.92. The normalized spacial score (nSPS) is 30.3. The van der Waals surface area contributed by atoms with Crippen molar-refractivity contribution in [3.05, 3.63) is 0 Å². The van der Waals surface area contributed by atoms with Crippen LogP contribution >= 0.6 is 0 Å². The van der Waals surface area contributed by atoms with Crippen molar-refractivity contribution in [2.75, 3.05) is 32.8 Å². The Bertz CT molecular complexity index is 223. The molecule has 2 atom stereocenters. The van der Waals surface area contributed by atoms with Crippen LogP contribution in [0, 0.1) is 0 Å². The summed E-state index contributed by atoms with van der Waals surface area (Å²) in [6.45, 7) is 14.3. The van der Waals surface area contributed by atoms with Gasteiger partial charge < -0.3 is 10.1 Å². The first kappa shape index (κ1) is 15.9. The number of hydrogen-bond donors (Lipinski definition) is 1. The summed E-state index contributed by atoms with van der Waals surface area (Å²) in [4.78, 5) is 2.59. The Labute approximate surface area is 113 Å². The van der Waals surface area contributed by atoms with Gasteiger partial charge in [-0.25, -0.2) is 0 Å². The van der Waals surface area contributed by atoms with E-state index in [1.165, 1.54) is 25.7 Å². The minimum Gasteiger partial charge on any atom is -0.380 e. The lowest BCUT2D eigenvalue weighted by Crippen LogP contribution is -2.50. The van der Waals surface area contributed by atoms with Crippen LogP contribution in [0.1, 0.15) is 53.4 Å². The van der Waals surface area contributed by atoms with Crippen LogP contribution in [0.5, 0.6) is 0 Å². The maximum absolute atomic E-state index is 5.71. The molecule has 0 aliphatic carbocycles. The Hall–Kier alpha value is -0.120. The molecule has 1 fully saturated rings. The molecule has 0 radical (unpaired) electrons. The number of hydrogen-bond acceptors (Lipinski definition) is 3. The van der Waals surface area contributed by atoms with Gasteiger partial charge in [-0.05, 0) is 39.7 Å². The third-order valence-electron chi connectivity index (χ3n) is 4.23. The highest BCUT2D eigenvalue weighted by molar-refractivity contribution is 4.90. The first-order chi connectivity index (χ1) is 8.61. The van der Waals surface area contributed by atoms with Crippen LogP contribution in [-0.4, -0.2) is 49.3 Å². The summed E-state index contributed by atoms with van der Waals surface area (Å²) in [7, 11) is 0. The predicted octanol–water partition coefficient (Wildman–Crippen LogP) is 2.66. The molecule has 0 aromatic heterocycles. The third-order valence-corrected chi connectivity index (χ3v) is 4.23. The van der Waals surface area contributed by atoms with Crippen molar-refractivity contribution in [1.29, 1.82) is 0 Å². The van der Waals surface area contributed by atoms with E-state index in [1.807, 2.05) is 0 Å². The van der Waals surface area contributed by atoms with Crippen LogP contribution in [-0.2, 0) is 4.74 Å². The van der Waals surface area contributed by atoms with Gasteiger partial charge in [-0.1, -0.05) is 20.3 Å². The summed E-state index contributed by atoms with van der Waals surface area (Å²) < 4.78 is 5.71. The first-order valence-corrected chi connectivity index (χ1v) is 7.68. The maximum Gasteiger partial charge on any atom is 0.0593 e. The molecule has 3 nitrogen and oxygen atoms in total. The molecule has 0 aromatic carbocycles. The monoisotopic (exact) mass is 256 g/mol. The van der Waals surface area contributed by atoms with Crippen molar-refractivity contribution in [3.8, 4) is 0 Å². The van der Waals surface area contributed by atoms with Crippen LogP contribution in [0.4, 0.5) is 0 Å². The van der Waals surface area contributed by atoms with Gasteiger partial charge >= 0.3 is 0 Å². The molecule has 1 heterocycles. The van der Waals surface area contributed by atoms with Gasteiger partial charge in [-0.2, -0.15) is 0 Å². The number of rotatable bonds is 7. The topological polar surface area (TPSA) is 24.5 Å². The van der Waals surface area contributed by atoms with E-state index in [9.17, 15) is 0 Å². The van der Waals surface area contributed by atoms with Gasteiger partial charge in [0.25, 0.3) is 0 Å². The van der Waals surface area contributed by atoms with E-state index in [0.717, 1.165) is 32.8 Å². The minimum atomic E-state index is 0.272. The molecular formula is C15H32N2O. The van der Waals surface area contributed by atoms with Gasteiger partial charge in [0.2, 0.25) is 0 Å². The van der Waals surface area contributed by atoms with Crippen LogP contribution < -0.4 is 5.32 Å². The fourth-order valence-corrected chi connectivity index (χ4v) is 2.49. The zero-order chi connectivity index (χ0) is 13.4. The van der Waals surface area contributed by atoms with Gasteiger partial charge in [0, 0.05) is 31.3 Å². The lowest BCUT2D eigenvalue weighted by molar-refractivity contribution is 0.0799. The number of ether oxygens (including phenoxy) is 1. The predicted molar refractivity (Wildman–Crippen MR) is 78.1 cm³/mol. The van der Waals surface area contributed by atoms with Crippen molar-refractivity contribution in [2.24, 2.45) is 0 Å². The highest BCUT2D eigenvalue weighted by Gasteiger charge is 2.29. The van der Waals surface area contributed by atoms with Crippen molar-refractivity contribution in [2.45, 2.75) is 65.0 Å². The maximum atomic E-state index is 5.71. The Morgan fingerprint density at radius 2 is 2.11 bits per heavy atom.